The number of thioether (sulfide) groups is 1. The van der Waals surface area contributed by atoms with Crippen LogP contribution in [0.5, 0.6) is 0 Å². The Morgan fingerprint density at radius 3 is 2.56 bits per heavy atom. The SMILES string of the molecule is Cc1cc(/C(N)=N/O)nc(SC(C)(C)C)n1. The monoisotopic (exact) mass is 240 g/mol. The summed E-state index contributed by atoms with van der Waals surface area (Å²) >= 11 is 1.54. The highest BCUT2D eigenvalue weighted by Gasteiger charge is 2.15. The summed E-state index contributed by atoms with van der Waals surface area (Å²) in [6.45, 7) is 8.08. The summed E-state index contributed by atoms with van der Waals surface area (Å²) in [7, 11) is 0. The molecular formula is C10H16N4OS. The van der Waals surface area contributed by atoms with Crippen LogP contribution in [0, 0.1) is 6.92 Å². The molecule has 0 aliphatic carbocycles. The fourth-order valence-corrected chi connectivity index (χ4v) is 1.92. The van der Waals surface area contributed by atoms with Gasteiger partial charge in [0, 0.05) is 10.4 Å². The molecule has 0 atom stereocenters. The third-order valence-electron chi connectivity index (χ3n) is 1.60. The largest absolute Gasteiger partial charge is 0.409 e. The smallest absolute Gasteiger partial charge is 0.188 e. The highest BCUT2D eigenvalue weighted by Crippen LogP contribution is 2.29. The molecule has 0 aromatic carbocycles. The lowest BCUT2D eigenvalue weighted by molar-refractivity contribution is 0.318. The molecule has 0 radical (unpaired) electrons. The van der Waals surface area contributed by atoms with E-state index in [0.717, 1.165) is 5.69 Å². The van der Waals surface area contributed by atoms with E-state index in [9.17, 15) is 0 Å². The molecule has 1 aromatic rings. The first kappa shape index (κ1) is 12.8. The van der Waals surface area contributed by atoms with Gasteiger partial charge in [-0.3, -0.25) is 0 Å². The van der Waals surface area contributed by atoms with Crippen molar-refractivity contribution in [3.05, 3.63) is 17.5 Å². The van der Waals surface area contributed by atoms with Gasteiger partial charge >= 0.3 is 0 Å². The average molecular weight is 240 g/mol. The predicted octanol–water partition coefficient (Wildman–Crippen LogP) is 1.77. The number of rotatable bonds is 2. The summed E-state index contributed by atoms with van der Waals surface area (Å²) in [5.41, 5.74) is 6.74. The Labute approximate surface area is 99.2 Å². The summed E-state index contributed by atoms with van der Waals surface area (Å²) in [4.78, 5) is 8.52. The minimum absolute atomic E-state index is 0.00117. The summed E-state index contributed by atoms with van der Waals surface area (Å²) in [5.74, 6) is 0.00117. The van der Waals surface area contributed by atoms with Crippen molar-refractivity contribution in [1.29, 1.82) is 0 Å². The van der Waals surface area contributed by atoms with Crippen molar-refractivity contribution in [2.24, 2.45) is 10.9 Å². The number of aromatic nitrogens is 2. The number of aryl methyl sites for hydroxylation is 1. The van der Waals surface area contributed by atoms with Gasteiger partial charge in [-0.15, -0.1) is 0 Å². The first-order valence-electron chi connectivity index (χ1n) is 4.84. The van der Waals surface area contributed by atoms with E-state index < -0.39 is 0 Å². The van der Waals surface area contributed by atoms with E-state index in [0.29, 0.717) is 10.9 Å². The van der Waals surface area contributed by atoms with Crippen molar-refractivity contribution in [2.45, 2.75) is 37.6 Å². The van der Waals surface area contributed by atoms with Crippen molar-refractivity contribution < 1.29 is 5.21 Å². The van der Waals surface area contributed by atoms with Gasteiger partial charge in [0.1, 0.15) is 5.69 Å². The quantitative estimate of drug-likeness (QED) is 0.205. The first-order valence-corrected chi connectivity index (χ1v) is 5.66. The molecule has 3 N–H and O–H groups in total. The lowest BCUT2D eigenvalue weighted by Gasteiger charge is -2.16. The third kappa shape index (κ3) is 3.69. The van der Waals surface area contributed by atoms with E-state index in [1.807, 2.05) is 6.92 Å². The fourth-order valence-electron chi connectivity index (χ4n) is 1.04. The standard InChI is InChI=1S/C10H16N4OS/c1-6-5-7(8(11)14-15)13-9(12-6)16-10(2,3)4/h5,15H,1-4H3,(H2,11,14). The van der Waals surface area contributed by atoms with Crippen LogP contribution >= 0.6 is 11.8 Å². The maximum absolute atomic E-state index is 8.60. The van der Waals surface area contributed by atoms with Gasteiger partial charge in [-0.05, 0) is 13.0 Å². The Hall–Kier alpha value is -1.30. The maximum Gasteiger partial charge on any atom is 0.188 e. The molecule has 1 rings (SSSR count). The van der Waals surface area contributed by atoms with Crippen LogP contribution in [0.1, 0.15) is 32.2 Å². The minimum atomic E-state index is 0.00117. The van der Waals surface area contributed by atoms with Crippen molar-refractivity contribution in [3.63, 3.8) is 0 Å². The van der Waals surface area contributed by atoms with E-state index >= 15 is 0 Å². The molecule has 0 spiro atoms. The second-order valence-electron chi connectivity index (χ2n) is 4.38. The van der Waals surface area contributed by atoms with Crippen molar-refractivity contribution in [2.75, 3.05) is 0 Å². The fraction of sp³-hybridized carbons (Fsp3) is 0.500. The van der Waals surface area contributed by atoms with E-state index in [-0.39, 0.29) is 10.6 Å². The van der Waals surface area contributed by atoms with Gasteiger partial charge in [-0.2, -0.15) is 0 Å². The normalized spacial score (nSPS) is 12.9. The molecule has 6 heteroatoms. The van der Waals surface area contributed by atoms with Crippen LogP contribution in [-0.2, 0) is 0 Å². The van der Waals surface area contributed by atoms with E-state index in [2.05, 4.69) is 35.9 Å². The number of amidine groups is 1. The molecule has 0 amide bonds. The molecule has 0 unspecified atom stereocenters. The Balaban J connectivity index is 3.08. The average Bonchev–Trinajstić information content (AvgIpc) is 2.12. The zero-order valence-electron chi connectivity index (χ0n) is 9.85. The number of hydrogen-bond donors (Lipinski definition) is 2. The highest BCUT2D eigenvalue weighted by molar-refractivity contribution is 8.00. The van der Waals surface area contributed by atoms with Crippen molar-refractivity contribution in [1.82, 2.24) is 9.97 Å². The van der Waals surface area contributed by atoms with E-state index in [1.165, 1.54) is 0 Å². The molecular weight excluding hydrogens is 224 g/mol. The first-order chi connectivity index (χ1) is 7.31. The maximum atomic E-state index is 8.60. The van der Waals surface area contributed by atoms with Gasteiger partial charge in [0.05, 0.1) is 0 Å². The molecule has 0 saturated heterocycles. The molecule has 0 bridgehead atoms. The van der Waals surface area contributed by atoms with Crippen LogP contribution in [0.4, 0.5) is 0 Å². The molecule has 16 heavy (non-hydrogen) atoms. The van der Waals surface area contributed by atoms with Crippen LogP contribution in [0.3, 0.4) is 0 Å². The second-order valence-corrected chi connectivity index (χ2v) is 6.17. The zero-order valence-corrected chi connectivity index (χ0v) is 10.7. The number of nitrogens with zero attached hydrogens (tertiary/aromatic N) is 3. The Morgan fingerprint density at radius 2 is 2.06 bits per heavy atom. The minimum Gasteiger partial charge on any atom is -0.409 e. The summed E-state index contributed by atoms with van der Waals surface area (Å²) in [6.07, 6.45) is 0. The van der Waals surface area contributed by atoms with Crippen molar-refractivity contribution in [3.8, 4) is 0 Å². The van der Waals surface area contributed by atoms with Gasteiger partial charge in [0.2, 0.25) is 0 Å². The molecule has 1 heterocycles. The van der Waals surface area contributed by atoms with Gasteiger partial charge in [-0.25, -0.2) is 9.97 Å². The van der Waals surface area contributed by atoms with Gasteiger partial charge < -0.3 is 10.9 Å². The van der Waals surface area contributed by atoms with Gasteiger partial charge in [0.25, 0.3) is 0 Å². The van der Waals surface area contributed by atoms with Gasteiger partial charge in [0.15, 0.2) is 11.0 Å². The van der Waals surface area contributed by atoms with Crippen LogP contribution in [0.25, 0.3) is 0 Å². The van der Waals surface area contributed by atoms with Crippen molar-refractivity contribution >= 4 is 17.6 Å². The lowest BCUT2D eigenvalue weighted by Crippen LogP contribution is -2.17. The molecule has 0 fully saturated rings. The Bertz CT molecular complexity index is 412. The molecule has 0 aliphatic rings. The number of hydrogen-bond acceptors (Lipinski definition) is 5. The number of oxime groups is 1. The van der Waals surface area contributed by atoms with Crippen LogP contribution in [0.15, 0.2) is 16.4 Å². The number of nitrogens with two attached hydrogens (primary N) is 1. The third-order valence-corrected chi connectivity index (χ3v) is 2.58. The van der Waals surface area contributed by atoms with Crippen LogP contribution < -0.4 is 5.73 Å². The molecule has 1 aromatic heterocycles. The molecule has 5 nitrogen and oxygen atoms in total. The van der Waals surface area contributed by atoms with Crippen LogP contribution in [0.2, 0.25) is 0 Å². The lowest BCUT2D eigenvalue weighted by atomic mass is 10.3. The Morgan fingerprint density at radius 1 is 1.44 bits per heavy atom. The van der Waals surface area contributed by atoms with E-state index in [1.54, 1.807) is 17.8 Å². The van der Waals surface area contributed by atoms with E-state index in [4.69, 9.17) is 10.9 Å². The predicted molar refractivity (Wildman–Crippen MR) is 64.9 cm³/mol. The summed E-state index contributed by atoms with van der Waals surface area (Å²) < 4.78 is 0.0240. The second kappa shape index (κ2) is 4.69. The zero-order chi connectivity index (χ0) is 12.3. The topological polar surface area (TPSA) is 84.4 Å². The highest BCUT2D eigenvalue weighted by atomic mass is 32.2. The molecule has 0 saturated carbocycles. The van der Waals surface area contributed by atoms with Crippen LogP contribution in [-0.4, -0.2) is 25.8 Å². The Kier molecular flexibility index (Phi) is 3.74. The molecule has 0 aliphatic heterocycles. The summed E-state index contributed by atoms with van der Waals surface area (Å²) in [5, 5.41) is 12.2. The van der Waals surface area contributed by atoms with Gasteiger partial charge in [-0.1, -0.05) is 37.7 Å². The summed E-state index contributed by atoms with van der Waals surface area (Å²) in [6, 6.07) is 1.68. The molecule has 88 valence electrons.